The fourth-order valence-electron chi connectivity index (χ4n) is 1.80. The number of rotatable bonds is 10. The molecule has 0 unspecified atom stereocenters. The Morgan fingerprint density at radius 3 is 2.24 bits per heavy atom. The molecule has 123 valence electrons. The predicted octanol–water partition coefficient (Wildman–Crippen LogP) is 3.73. The van der Waals surface area contributed by atoms with Gasteiger partial charge >= 0.3 is 14.5 Å². The van der Waals surface area contributed by atoms with Crippen molar-refractivity contribution in [1.29, 1.82) is 0 Å². The van der Waals surface area contributed by atoms with Crippen LogP contribution >= 0.6 is 0 Å². The van der Waals surface area contributed by atoms with Gasteiger partial charge in [0.05, 0.1) is 15.4 Å². The van der Waals surface area contributed by atoms with Gasteiger partial charge in [0.2, 0.25) is 0 Å². The quantitative estimate of drug-likeness (QED) is 0.261. The van der Waals surface area contributed by atoms with Crippen LogP contribution in [0.4, 0.5) is 0 Å². The molecular formula is C14H31O4Si3. The number of hydrogen-bond donors (Lipinski definition) is 0. The van der Waals surface area contributed by atoms with E-state index < -0.39 is 25.7 Å². The van der Waals surface area contributed by atoms with E-state index in [-0.39, 0.29) is 5.97 Å². The average Bonchev–Trinajstić information content (AvgIpc) is 2.28. The maximum atomic E-state index is 11.2. The summed E-state index contributed by atoms with van der Waals surface area (Å²) in [6.45, 7) is 18.8. The van der Waals surface area contributed by atoms with Crippen LogP contribution in [0.2, 0.25) is 45.3 Å². The second kappa shape index (κ2) is 9.04. The molecule has 21 heavy (non-hydrogen) atoms. The van der Waals surface area contributed by atoms with Gasteiger partial charge in [0.1, 0.15) is 0 Å². The zero-order chi connectivity index (χ0) is 16.7. The molecule has 0 aliphatic carbocycles. The number of esters is 1. The van der Waals surface area contributed by atoms with Gasteiger partial charge in [-0.1, -0.05) is 19.2 Å². The molecule has 0 amide bonds. The highest BCUT2D eigenvalue weighted by Crippen LogP contribution is 2.15. The van der Waals surface area contributed by atoms with Crippen molar-refractivity contribution >= 4 is 31.6 Å². The summed E-state index contributed by atoms with van der Waals surface area (Å²) < 4.78 is 17.3. The molecule has 0 aliphatic rings. The van der Waals surface area contributed by atoms with Crippen molar-refractivity contribution in [2.75, 3.05) is 12.8 Å². The van der Waals surface area contributed by atoms with E-state index in [0.29, 0.717) is 12.2 Å². The van der Waals surface area contributed by atoms with Crippen molar-refractivity contribution < 1.29 is 18.1 Å². The highest BCUT2D eigenvalue weighted by molar-refractivity contribution is 6.81. The summed E-state index contributed by atoms with van der Waals surface area (Å²) >= 11 is 0. The zero-order valence-corrected chi connectivity index (χ0v) is 17.7. The van der Waals surface area contributed by atoms with Gasteiger partial charge in [-0.05, 0) is 46.1 Å². The largest absolute Gasteiger partial charge is 0.462 e. The monoisotopic (exact) mass is 347 g/mol. The Morgan fingerprint density at radius 1 is 1.19 bits per heavy atom. The number of carbonyl (C=O) groups excluding carboxylic acids is 1. The first-order valence-corrected chi connectivity index (χ1v) is 16.0. The van der Waals surface area contributed by atoms with E-state index in [1.54, 1.807) is 6.92 Å². The van der Waals surface area contributed by atoms with Gasteiger partial charge in [0.25, 0.3) is 0 Å². The Kier molecular flexibility index (Phi) is 8.95. The lowest BCUT2D eigenvalue weighted by Crippen LogP contribution is -2.46. The Morgan fingerprint density at radius 2 is 1.76 bits per heavy atom. The van der Waals surface area contributed by atoms with Crippen LogP contribution in [0.1, 0.15) is 13.3 Å². The van der Waals surface area contributed by atoms with Crippen LogP contribution in [0.15, 0.2) is 12.2 Å². The molecule has 0 heterocycles. The lowest BCUT2D eigenvalue weighted by Gasteiger charge is -2.31. The third kappa shape index (κ3) is 12.1. The van der Waals surface area contributed by atoms with Gasteiger partial charge in [-0.3, -0.25) is 0 Å². The minimum atomic E-state index is -1.99. The molecular weight excluding hydrogens is 316 g/mol. The van der Waals surface area contributed by atoms with Gasteiger partial charge in [-0.15, -0.1) is 0 Å². The second-order valence-electron chi connectivity index (χ2n) is 6.88. The lowest BCUT2D eigenvalue weighted by molar-refractivity contribution is -0.138. The molecule has 0 atom stereocenters. The minimum absolute atomic E-state index is 0.298. The maximum Gasteiger partial charge on any atom is 0.333 e. The lowest BCUT2D eigenvalue weighted by atomic mass is 10.4. The average molecular weight is 348 g/mol. The van der Waals surface area contributed by atoms with E-state index in [0.717, 1.165) is 18.7 Å². The second-order valence-corrected chi connectivity index (χ2v) is 17.7. The van der Waals surface area contributed by atoms with Crippen LogP contribution in [-0.4, -0.2) is 44.5 Å². The Hall–Kier alpha value is -0.219. The molecule has 4 nitrogen and oxygen atoms in total. The van der Waals surface area contributed by atoms with Crippen molar-refractivity contribution in [2.24, 2.45) is 0 Å². The first kappa shape index (κ1) is 20.8. The molecule has 0 aromatic carbocycles. The molecule has 0 saturated carbocycles. The van der Waals surface area contributed by atoms with Crippen LogP contribution in [-0.2, 0) is 18.1 Å². The first-order valence-electron chi connectivity index (χ1n) is 7.41. The first-order chi connectivity index (χ1) is 9.43. The van der Waals surface area contributed by atoms with Gasteiger partial charge in [-0.25, -0.2) is 4.79 Å². The fraction of sp³-hybridized carbons (Fsp3) is 0.786. The van der Waals surface area contributed by atoms with E-state index in [1.807, 2.05) is 0 Å². The third-order valence-corrected chi connectivity index (χ3v) is 9.94. The number of ether oxygens (including phenoxy) is 1. The minimum Gasteiger partial charge on any atom is -0.462 e. The molecule has 0 N–H and O–H groups in total. The molecule has 0 bridgehead atoms. The molecule has 0 aromatic heterocycles. The molecule has 0 aromatic rings. The van der Waals surface area contributed by atoms with Gasteiger partial charge < -0.3 is 13.3 Å². The Balaban J connectivity index is 3.87. The third-order valence-electron chi connectivity index (χ3n) is 2.55. The van der Waals surface area contributed by atoms with E-state index in [1.165, 1.54) is 0 Å². The van der Waals surface area contributed by atoms with Crippen LogP contribution in [0.3, 0.4) is 0 Å². The molecule has 0 fully saturated rings. The van der Waals surface area contributed by atoms with Gasteiger partial charge in [0.15, 0.2) is 8.32 Å². The summed E-state index contributed by atoms with van der Waals surface area (Å²) in [6, 6.07) is 1.07. The Bertz CT molecular complexity index is 351. The van der Waals surface area contributed by atoms with Crippen molar-refractivity contribution in [3.63, 3.8) is 0 Å². The van der Waals surface area contributed by atoms with E-state index in [9.17, 15) is 4.79 Å². The molecule has 0 rings (SSSR count). The standard InChI is InChI=1S/C14H31O4Si3/c1-13(2)14(15)16-10-9-11-19(3)12-17-21(7,8)18-20(4,5)6/h1,9-12H2,2-8H3. The van der Waals surface area contributed by atoms with Crippen LogP contribution in [0, 0.1) is 0 Å². The van der Waals surface area contributed by atoms with Crippen molar-refractivity contribution in [3.05, 3.63) is 12.2 Å². The predicted molar refractivity (Wildman–Crippen MR) is 94.7 cm³/mol. The highest BCUT2D eigenvalue weighted by atomic mass is 28.4. The van der Waals surface area contributed by atoms with E-state index in [2.05, 4.69) is 45.9 Å². The van der Waals surface area contributed by atoms with Crippen LogP contribution in [0.5, 0.6) is 0 Å². The summed E-state index contributed by atoms with van der Waals surface area (Å²) in [5, 5.41) is 0. The summed E-state index contributed by atoms with van der Waals surface area (Å²) in [4.78, 5) is 11.2. The van der Waals surface area contributed by atoms with Crippen LogP contribution < -0.4 is 0 Å². The fourth-order valence-corrected chi connectivity index (χ4v) is 11.2. The van der Waals surface area contributed by atoms with Crippen molar-refractivity contribution in [2.45, 2.75) is 58.7 Å². The Labute approximate surface area is 133 Å². The van der Waals surface area contributed by atoms with Crippen LogP contribution in [0.25, 0.3) is 0 Å². The molecule has 0 spiro atoms. The summed E-state index contributed by atoms with van der Waals surface area (Å²) in [7, 11) is -4.09. The molecule has 0 saturated heterocycles. The molecule has 0 aliphatic heterocycles. The molecule has 7 heteroatoms. The van der Waals surface area contributed by atoms with E-state index in [4.69, 9.17) is 13.3 Å². The van der Waals surface area contributed by atoms with Gasteiger partial charge in [-0.2, -0.15) is 0 Å². The smallest absolute Gasteiger partial charge is 0.333 e. The van der Waals surface area contributed by atoms with Gasteiger partial charge in [0, 0.05) is 11.8 Å². The number of carbonyl (C=O) groups is 1. The molecule has 1 radical (unpaired) electrons. The summed E-state index contributed by atoms with van der Waals surface area (Å²) in [5.41, 5.74) is 0.455. The maximum absolute atomic E-state index is 11.2. The highest BCUT2D eigenvalue weighted by Gasteiger charge is 2.31. The summed E-state index contributed by atoms with van der Waals surface area (Å²) in [5.74, 6) is -0.298. The normalized spacial score (nSPS) is 12.6. The van der Waals surface area contributed by atoms with Crippen molar-refractivity contribution in [1.82, 2.24) is 0 Å². The summed E-state index contributed by atoms with van der Waals surface area (Å²) in [6.07, 6.45) is 1.70. The number of hydrogen-bond acceptors (Lipinski definition) is 4. The van der Waals surface area contributed by atoms with Crippen molar-refractivity contribution in [3.8, 4) is 0 Å². The SMILES string of the molecule is C=C(C)C(=O)OCCC[Si](C)CO[Si](C)(C)O[Si](C)(C)C. The van der Waals surface area contributed by atoms with E-state index >= 15 is 0 Å². The zero-order valence-electron chi connectivity index (χ0n) is 14.7. The topological polar surface area (TPSA) is 44.8 Å².